The largest absolute Gasteiger partial charge is 0.401 e. The van der Waals surface area contributed by atoms with Crippen LogP contribution in [0.1, 0.15) is 17.0 Å². The third kappa shape index (κ3) is 6.55. The number of rotatable bonds is 7. The van der Waals surface area contributed by atoms with Gasteiger partial charge in [-0.3, -0.25) is 14.8 Å². The van der Waals surface area contributed by atoms with E-state index in [1.165, 1.54) is 30.5 Å². The molecule has 1 amide bonds. The lowest BCUT2D eigenvalue weighted by atomic mass is 10.1. The zero-order chi connectivity index (χ0) is 22.1. The minimum atomic E-state index is -0.544. The highest BCUT2D eigenvalue weighted by atomic mass is 19.1. The Morgan fingerprint density at radius 2 is 1.97 bits per heavy atom. The van der Waals surface area contributed by atoms with Crippen molar-refractivity contribution in [3.63, 3.8) is 0 Å². The molecule has 0 saturated heterocycles. The van der Waals surface area contributed by atoms with Crippen LogP contribution in [-0.2, 0) is 4.79 Å². The van der Waals surface area contributed by atoms with Gasteiger partial charge in [0.15, 0.2) is 5.71 Å². The summed E-state index contributed by atoms with van der Waals surface area (Å²) in [6.45, 7) is 3.72. The van der Waals surface area contributed by atoms with Crippen LogP contribution in [0.3, 0.4) is 0 Å². The molecule has 0 bridgehead atoms. The molecule has 1 aromatic carbocycles. The molecule has 9 heteroatoms. The summed E-state index contributed by atoms with van der Waals surface area (Å²) in [6, 6.07) is 9.47. The number of amides is 1. The van der Waals surface area contributed by atoms with Gasteiger partial charge >= 0.3 is 0 Å². The van der Waals surface area contributed by atoms with Crippen LogP contribution < -0.4 is 22.6 Å². The molecule has 1 aromatic heterocycles. The fourth-order valence-electron chi connectivity index (χ4n) is 2.39. The van der Waals surface area contributed by atoms with Crippen molar-refractivity contribution in [1.82, 2.24) is 10.3 Å². The van der Waals surface area contributed by atoms with Gasteiger partial charge in [0.1, 0.15) is 5.82 Å². The molecule has 0 unspecified atom stereocenters. The molecule has 2 rings (SSSR count). The SMILES string of the molecule is Cc1ccc(N=C/C(=N\N)C(=O)NC/C(N)=C/C=C(\N)c2cccc(F)c2)c(C)n1. The molecule has 156 valence electrons. The standard InChI is InChI=1S/C21H24FN7O/c1-13-6-9-19(14(2)28-13)26-12-20(29-25)21(30)27-11-17(23)7-8-18(24)15-4-3-5-16(22)10-15/h3-10,12H,11,23-25H2,1-2H3,(H,27,30)/b17-7-,18-8-,26-12?,29-20+. The third-order valence-corrected chi connectivity index (χ3v) is 3.98. The lowest BCUT2D eigenvalue weighted by Crippen LogP contribution is -2.35. The van der Waals surface area contributed by atoms with E-state index in [0.29, 0.717) is 22.6 Å². The fraction of sp³-hybridized carbons (Fsp3) is 0.143. The first-order valence-corrected chi connectivity index (χ1v) is 9.02. The van der Waals surface area contributed by atoms with E-state index < -0.39 is 5.91 Å². The Morgan fingerprint density at radius 3 is 2.63 bits per heavy atom. The second kappa shape index (κ2) is 10.5. The first-order valence-electron chi connectivity index (χ1n) is 9.02. The molecule has 7 N–H and O–H groups in total. The van der Waals surface area contributed by atoms with E-state index in [-0.39, 0.29) is 18.1 Å². The fourth-order valence-corrected chi connectivity index (χ4v) is 2.39. The lowest BCUT2D eigenvalue weighted by Gasteiger charge is -2.05. The van der Waals surface area contributed by atoms with Crippen LogP contribution in [0, 0.1) is 19.7 Å². The maximum Gasteiger partial charge on any atom is 0.273 e. The van der Waals surface area contributed by atoms with E-state index in [2.05, 4.69) is 20.4 Å². The monoisotopic (exact) mass is 409 g/mol. The number of benzene rings is 1. The topological polar surface area (TPSA) is 145 Å². The number of nitrogens with two attached hydrogens (primary N) is 3. The normalized spacial score (nSPS) is 13.0. The molecule has 0 saturated carbocycles. The minimum absolute atomic E-state index is 0.0315. The zero-order valence-electron chi connectivity index (χ0n) is 16.8. The lowest BCUT2D eigenvalue weighted by molar-refractivity contribution is -0.114. The van der Waals surface area contributed by atoms with Crippen LogP contribution in [0.5, 0.6) is 0 Å². The number of hydrazone groups is 1. The van der Waals surface area contributed by atoms with Gasteiger partial charge in [-0.1, -0.05) is 12.1 Å². The van der Waals surface area contributed by atoms with Crippen molar-refractivity contribution in [2.45, 2.75) is 13.8 Å². The first kappa shape index (κ1) is 22.3. The molecule has 8 nitrogen and oxygen atoms in total. The second-order valence-corrected chi connectivity index (χ2v) is 6.39. The molecule has 0 fully saturated rings. The second-order valence-electron chi connectivity index (χ2n) is 6.39. The van der Waals surface area contributed by atoms with Crippen molar-refractivity contribution < 1.29 is 9.18 Å². The molecule has 30 heavy (non-hydrogen) atoms. The summed E-state index contributed by atoms with van der Waals surface area (Å²) in [5.74, 6) is 4.37. The van der Waals surface area contributed by atoms with Gasteiger partial charge in [-0.05, 0) is 50.3 Å². The molecule has 0 aliphatic heterocycles. The first-order chi connectivity index (χ1) is 14.3. The molecule has 0 spiro atoms. The van der Waals surface area contributed by atoms with Crippen LogP contribution in [0.15, 0.2) is 64.3 Å². The molecule has 0 aliphatic rings. The number of carbonyl (C=O) groups is 1. The molecule has 0 aliphatic carbocycles. The predicted molar refractivity (Wildman–Crippen MR) is 117 cm³/mol. The maximum atomic E-state index is 13.3. The Balaban J connectivity index is 1.97. The number of nitrogens with zero attached hydrogens (tertiary/aromatic N) is 3. The van der Waals surface area contributed by atoms with E-state index in [1.54, 1.807) is 18.2 Å². The number of aliphatic imine (C=N–C) groups is 1. The summed E-state index contributed by atoms with van der Waals surface area (Å²) in [7, 11) is 0. The van der Waals surface area contributed by atoms with E-state index in [1.807, 2.05) is 19.9 Å². The molecular formula is C21H24FN7O. The van der Waals surface area contributed by atoms with Crippen LogP contribution in [0.4, 0.5) is 10.1 Å². The molecule has 0 atom stereocenters. The van der Waals surface area contributed by atoms with Crippen LogP contribution in [-0.4, -0.2) is 29.4 Å². The highest BCUT2D eigenvalue weighted by Crippen LogP contribution is 2.15. The Bertz CT molecular complexity index is 1040. The Kier molecular flexibility index (Phi) is 7.81. The minimum Gasteiger partial charge on any atom is -0.401 e. The van der Waals surface area contributed by atoms with Crippen molar-refractivity contribution in [3.05, 3.63) is 77.0 Å². The van der Waals surface area contributed by atoms with Gasteiger partial charge in [-0.25, -0.2) is 4.39 Å². The van der Waals surface area contributed by atoms with E-state index in [4.69, 9.17) is 17.3 Å². The van der Waals surface area contributed by atoms with Crippen molar-refractivity contribution in [2.75, 3.05) is 6.54 Å². The number of aryl methyl sites for hydroxylation is 2. The smallest absolute Gasteiger partial charge is 0.273 e. The van der Waals surface area contributed by atoms with Crippen molar-refractivity contribution in [3.8, 4) is 0 Å². The van der Waals surface area contributed by atoms with E-state index in [9.17, 15) is 9.18 Å². The number of carbonyl (C=O) groups excluding carboxylic acids is 1. The van der Waals surface area contributed by atoms with E-state index in [0.717, 1.165) is 11.4 Å². The quantitative estimate of drug-likeness (QED) is 0.238. The number of hydrogen-bond acceptors (Lipinski definition) is 7. The van der Waals surface area contributed by atoms with Gasteiger partial charge in [-0.2, -0.15) is 5.10 Å². The molecule has 0 radical (unpaired) electrons. The molecular weight excluding hydrogens is 385 g/mol. The number of allylic oxidation sites excluding steroid dienone is 2. The van der Waals surface area contributed by atoms with Crippen LogP contribution in [0.2, 0.25) is 0 Å². The average Bonchev–Trinajstić information content (AvgIpc) is 2.72. The summed E-state index contributed by atoms with van der Waals surface area (Å²) in [4.78, 5) is 20.7. The summed E-state index contributed by atoms with van der Waals surface area (Å²) >= 11 is 0. The number of nitrogens with one attached hydrogen (secondary N) is 1. The third-order valence-electron chi connectivity index (χ3n) is 3.98. The van der Waals surface area contributed by atoms with Crippen molar-refractivity contribution >= 4 is 29.2 Å². The number of hydrogen-bond donors (Lipinski definition) is 4. The number of pyridine rings is 1. The Labute approximate surface area is 174 Å². The van der Waals surface area contributed by atoms with Gasteiger partial charge in [-0.15, -0.1) is 0 Å². The van der Waals surface area contributed by atoms with Gasteiger partial charge in [0.05, 0.1) is 24.1 Å². The summed E-state index contributed by atoms with van der Waals surface area (Å²) < 4.78 is 13.3. The summed E-state index contributed by atoms with van der Waals surface area (Å²) in [5.41, 5.74) is 15.1. The van der Waals surface area contributed by atoms with Gasteiger partial charge in [0.2, 0.25) is 0 Å². The zero-order valence-corrected chi connectivity index (χ0v) is 16.8. The maximum absolute atomic E-state index is 13.3. The average molecular weight is 409 g/mol. The van der Waals surface area contributed by atoms with Gasteiger partial charge in [0, 0.05) is 22.7 Å². The predicted octanol–water partition coefficient (Wildman–Crippen LogP) is 1.81. The summed E-state index contributed by atoms with van der Waals surface area (Å²) in [5, 5.41) is 6.04. The van der Waals surface area contributed by atoms with Crippen LogP contribution in [0.25, 0.3) is 5.70 Å². The van der Waals surface area contributed by atoms with Gasteiger partial charge in [0.25, 0.3) is 5.91 Å². The van der Waals surface area contributed by atoms with Crippen molar-refractivity contribution in [1.29, 1.82) is 0 Å². The number of aromatic nitrogens is 1. The van der Waals surface area contributed by atoms with Gasteiger partial charge < -0.3 is 22.6 Å². The Hall–Kier alpha value is -4.01. The molecule has 2 aromatic rings. The van der Waals surface area contributed by atoms with Crippen LogP contribution >= 0.6 is 0 Å². The highest BCUT2D eigenvalue weighted by Gasteiger charge is 2.09. The number of halogens is 1. The van der Waals surface area contributed by atoms with E-state index >= 15 is 0 Å². The molecule has 1 heterocycles. The Morgan fingerprint density at radius 1 is 1.20 bits per heavy atom. The highest BCUT2D eigenvalue weighted by molar-refractivity contribution is 6.60. The van der Waals surface area contributed by atoms with Crippen molar-refractivity contribution in [2.24, 2.45) is 27.4 Å². The summed E-state index contributed by atoms with van der Waals surface area (Å²) in [6.07, 6.45) is 4.31.